The molecule has 0 saturated heterocycles. The summed E-state index contributed by atoms with van der Waals surface area (Å²) in [5.74, 6) is 0.312. The standard InChI is InChI=1S/C18H18N4OS/c1-11-10-16(19)22-18(20-11)24-12(2)17(23)21-15-9-5-7-13-6-3-4-8-14(13)15/h3-10,12H,1-2H3,(H,21,23)(H2,19,20,22). The third-order valence-electron chi connectivity index (χ3n) is 3.55. The van der Waals surface area contributed by atoms with Crippen LogP contribution in [0.5, 0.6) is 0 Å². The number of nitrogens with two attached hydrogens (primary N) is 1. The molecule has 1 atom stereocenters. The summed E-state index contributed by atoms with van der Waals surface area (Å²) >= 11 is 1.29. The average Bonchev–Trinajstić information content (AvgIpc) is 2.54. The number of nitrogens with zero attached hydrogens (tertiary/aromatic N) is 2. The molecule has 3 aromatic rings. The maximum atomic E-state index is 12.5. The first-order valence-electron chi connectivity index (χ1n) is 7.59. The van der Waals surface area contributed by atoms with Gasteiger partial charge in [-0.05, 0) is 25.3 Å². The van der Waals surface area contributed by atoms with Crippen molar-refractivity contribution < 1.29 is 4.79 Å². The Balaban J connectivity index is 1.76. The third kappa shape index (κ3) is 3.65. The van der Waals surface area contributed by atoms with E-state index in [9.17, 15) is 4.79 Å². The number of hydrogen-bond donors (Lipinski definition) is 2. The van der Waals surface area contributed by atoms with Crippen LogP contribution in [0.3, 0.4) is 0 Å². The van der Waals surface area contributed by atoms with Crippen molar-refractivity contribution in [3.8, 4) is 0 Å². The zero-order valence-corrected chi connectivity index (χ0v) is 14.3. The first kappa shape index (κ1) is 16.3. The number of benzene rings is 2. The zero-order valence-electron chi connectivity index (χ0n) is 13.5. The van der Waals surface area contributed by atoms with Gasteiger partial charge in [0.25, 0.3) is 0 Å². The van der Waals surface area contributed by atoms with E-state index in [1.807, 2.05) is 56.3 Å². The Morgan fingerprint density at radius 3 is 2.71 bits per heavy atom. The molecule has 0 saturated carbocycles. The Morgan fingerprint density at radius 1 is 1.17 bits per heavy atom. The third-order valence-corrected chi connectivity index (χ3v) is 4.51. The van der Waals surface area contributed by atoms with Crippen LogP contribution in [0.1, 0.15) is 12.6 Å². The number of fused-ring (bicyclic) bond motifs is 1. The second-order valence-electron chi connectivity index (χ2n) is 5.49. The number of nitrogens with one attached hydrogen (secondary N) is 1. The molecule has 0 bridgehead atoms. The molecule has 2 aromatic carbocycles. The highest BCUT2D eigenvalue weighted by atomic mass is 32.2. The van der Waals surface area contributed by atoms with Crippen molar-refractivity contribution in [3.05, 3.63) is 54.2 Å². The molecule has 0 aliphatic heterocycles. The van der Waals surface area contributed by atoms with E-state index in [1.54, 1.807) is 6.07 Å². The second kappa shape index (κ2) is 6.88. The fourth-order valence-electron chi connectivity index (χ4n) is 2.40. The molecule has 5 nitrogen and oxygen atoms in total. The van der Waals surface area contributed by atoms with Gasteiger partial charge in [0, 0.05) is 22.8 Å². The van der Waals surface area contributed by atoms with E-state index in [0.29, 0.717) is 11.0 Å². The summed E-state index contributed by atoms with van der Waals surface area (Å²) < 4.78 is 0. The summed E-state index contributed by atoms with van der Waals surface area (Å²) in [4.78, 5) is 21.0. The lowest BCUT2D eigenvalue weighted by molar-refractivity contribution is -0.115. The Labute approximate surface area is 144 Å². The van der Waals surface area contributed by atoms with Crippen LogP contribution >= 0.6 is 11.8 Å². The molecule has 0 aliphatic rings. The summed E-state index contributed by atoms with van der Waals surface area (Å²) in [6.07, 6.45) is 0. The predicted molar refractivity (Wildman–Crippen MR) is 99.1 cm³/mol. The lowest BCUT2D eigenvalue weighted by Crippen LogP contribution is -2.22. The minimum atomic E-state index is -0.342. The van der Waals surface area contributed by atoms with Crippen molar-refractivity contribution in [1.82, 2.24) is 9.97 Å². The van der Waals surface area contributed by atoms with Gasteiger partial charge in [0.15, 0.2) is 5.16 Å². The Kier molecular flexibility index (Phi) is 4.66. The topological polar surface area (TPSA) is 80.9 Å². The van der Waals surface area contributed by atoms with E-state index in [-0.39, 0.29) is 11.2 Å². The van der Waals surface area contributed by atoms with Crippen LogP contribution in [0.15, 0.2) is 53.7 Å². The van der Waals surface area contributed by atoms with Crippen LogP contribution in [0.2, 0.25) is 0 Å². The lowest BCUT2D eigenvalue weighted by atomic mass is 10.1. The van der Waals surface area contributed by atoms with Gasteiger partial charge in [0.05, 0.1) is 5.25 Å². The van der Waals surface area contributed by atoms with E-state index >= 15 is 0 Å². The molecule has 1 amide bonds. The van der Waals surface area contributed by atoms with Crippen molar-refractivity contribution in [3.63, 3.8) is 0 Å². The normalized spacial score (nSPS) is 12.1. The molecule has 122 valence electrons. The molecule has 3 N–H and O–H groups in total. The van der Waals surface area contributed by atoms with Gasteiger partial charge in [-0.25, -0.2) is 9.97 Å². The van der Waals surface area contributed by atoms with Gasteiger partial charge in [0.1, 0.15) is 5.82 Å². The van der Waals surface area contributed by atoms with Crippen molar-refractivity contribution in [2.75, 3.05) is 11.1 Å². The lowest BCUT2D eigenvalue weighted by Gasteiger charge is -2.13. The zero-order chi connectivity index (χ0) is 17.1. The highest BCUT2D eigenvalue weighted by molar-refractivity contribution is 8.00. The van der Waals surface area contributed by atoms with E-state index in [2.05, 4.69) is 15.3 Å². The molecule has 3 rings (SSSR count). The fourth-order valence-corrected chi connectivity index (χ4v) is 3.23. The quantitative estimate of drug-likeness (QED) is 0.561. The Morgan fingerprint density at radius 2 is 1.92 bits per heavy atom. The molecule has 0 spiro atoms. The molecule has 0 radical (unpaired) electrons. The molecular weight excluding hydrogens is 320 g/mol. The van der Waals surface area contributed by atoms with Crippen LogP contribution in [-0.4, -0.2) is 21.1 Å². The summed E-state index contributed by atoms with van der Waals surface area (Å²) in [7, 11) is 0. The minimum absolute atomic E-state index is 0.0972. The molecule has 0 aliphatic carbocycles. The molecule has 1 unspecified atom stereocenters. The van der Waals surface area contributed by atoms with Crippen molar-refractivity contribution >= 4 is 39.9 Å². The summed E-state index contributed by atoms with van der Waals surface area (Å²) in [5.41, 5.74) is 7.32. The SMILES string of the molecule is Cc1cc(N)nc(SC(C)C(=O)Nc2cccc3ccccc23)n1. The maximum Gasteiger partial charge on any atom is 0.237 e. The highest BCUT2D eigenvalue weighted by Crippen LogP contribution is 2.25. The summed E-state index contributed by atoms with van der Waals surface area (Å²) in [6.45, 7) is 3.68. The van der Waals surface area contributed by atoms with Crippen LogP contribution in [0.25, 0.3) is 10.8 Å². The number of nitrogen functional groups attached to an aromatic ring is 1. The number of hydrogen-bond acceptors (Lipinski definition) is 5. The number of anilines is 2. The van der Waals surface area contributed by atoms with Gasteiger partial charge in [-0.3, -0.25) is 4.79 Å². The molecule has 0 fully saturated rings. The largest absolute Gasteiger partial charge is 0.384 e. The summed E-state index contributed by atoms with van der Waals surface area (Å²) in [5, 5.41) is 5.26. The molecule has 1 aromatic heterocycles. The molecule has 24 heavy (non-hydrogen) atoms. The maximum absolute atomic E-state index is 12.5. The molecule has 1 heterocycles. The molecular formula is C18H18N4OS. The van der Waals surface area contributed by atoms with Crippen molar-refractivity contribution in [2.24, 2.45) is 0 Å². The van der Waals surface area contributed by atoms with Gasteiger partial charge in [-0.2, -0.15) is 0 Å². The van der Waals surface area contributed by atoms with E-state index in [1.165, 1.54) is 11.8 Å². The first-order valence-corrected chi connectivity index (χ1v) is 8.47. The van der Waals surface area contributed by atoms with Crippen molar-refractivity contribution in [2.45, 2.75) is 24.3 Å². The van der Waals surface area contributed by atoms with E-state index < -0.39 is 0 Å². The van der Waals surface area contributed by atoms with Gasteiger partial charge in [-0.1, -0.05) is 48.2 Å². The Bertz CT molecular complexity index is 872. The Hall–Kier alpha value is -2.60. The number of rotatable bonds is 4. The molecule has 6 heteroatoms. The van der Waals surface area contributed by atoms with Crippen LogP contribution in [0.4, 0.5) is 11.5 Å². The average molecular weight is 338 g/mol. The first-order chi connectivity index (χ1) is 11.5. The smallest absolute Gasteiger partial charge is 0.237 e. The second-order valence-corrected chi connectivity index (χ2v) is 6.80. The van der Waals surface area contributed by atoms with Gasteiger partial charge < -0.3 is 11.1 Å². The van der Waals surface area contributed by atoms with Crippen LogP contribution in [0, 0.1) is 6.92 Å². The number of carbonyl (C=O) groups excluding carboxylic acids is 1. The van der Waals surface area contributed by atoms with Gasteiger partial charge in [0.2, 0.25) is 5.91 Å². The van der Waals surface area contributed by atoms with Crippen LogP contribution in [-0.2, 0) is 4.79 Å². The van der Waals surface area contributed by atoms with Gasteiger partial charge >= 0.3 is 0 Å². The minimum Gasteiger partial charge on any atom is -0.384 e. The fraction of sp³-hybridized carbons (Fsp3) is 0.167. The number of aryl methyl sites for hydroxylation is 1. The number of carbonyl (C=O) groups is 1. The predicted octanol–water partition coefficient (Wildman–Crippen LogP) is 3.64. The monoisotopic (exact) mass is 338 g/mol. The van der Waals surface area contributed by atoms with E-state index in [0.717, 1.165) is 22.2 Å². The highest BCUT2D eigenvalue weighted by Gasteiger charge is 2.17. The number of thioether (sulfide) groups is 1. The van der Waals surface area contributed by atoms with Crippen LogP contribution < -0.4 is 11.1 Å². The van der Waals surface area contributed by atoms with Crippen molar-refractivity contribution in [1.29, 1.82) is 0 Å². The van der Waals surface area contributed by atoms with E-state index in [4.69, 9.17) is 5.73 Å². The number of aromatic nitrogens is 2. The summed E-state index contributed by atoms with van der Waals surface area (Å²) in [6, 6.07) is 15.5. The van der Waals surface area contributed by atoms with Gasteiger partial charge in [-0.15, -0.1) is 0 Å². The number of amides is 1.